The number of quaternary nitrogens is 1. The first-order valence-corrected chi connectivity index (χ1v) is 22.6. The minimum atomic E-state index is -4.31. The molecular formula is C44H81NO8P+. The summed E-state index contributed by atoms with van der Waals surface area (Å²) < 4.78 is 34.6. The number of phosphoric acid groups is 1. The number of unbranched alkanes of at least 4 members (excludes halogenated alkanes) is 13. The molecule has 3 atom stereocenters. The first-order chi connectivity index (χ1) is 26.0. The number of allylic oxidation sites excluding steroid dienone is 8. The molecule has 0 aliphatic carbocycles. The molecule has 0 aromatic heterocycles. The lowest BCUT2D eigenvalue weighted by Gasteiger charge is -2.24. The van der Waals surface area contributed by atoms with Crippen LogP contribution in [-0.2, 0) is 27.9 Å². The van der Waals surface area contributed by atoms with Crippen molar-refractivity contribution < 1.29 is 42.4 Å². The predicted molar refractivity (Wildman–Crippen MR) is 225 cm³/mol. The summed E-state index contributed by atoms with van der Waals surface area (Å²) in [5.41, 5.74) is 0. The highest BCUT2D eigenvalue weighted by Crippen LogP contribution is 2.43. The van der Waals surface area contributed by atoms with Crippen LogP contribution in [0, 0.1) is 0 Å². The van der Waals surface area contributed by atoms with Gasteiger partial charge in [0.25, 0.3) is 0 Å². The first kappa shape index (κ1) is 52.0. The predicted octanol–water partition coefficient (Wildman–Crippen LogP) is 11.5. The van der Waals surface area contributed by atoms with Gasteiger partial charge in [-0.1, -0.05) is 140 Å². The van der Waals surface area contributed by atoms with E-state index >= 15 is 0 Å². The second-order valence-corrected chi connectivity index (χ2v) is 16.7. The Morgan fingerprint density at radius 3 is 1.78 bits per heavy atom. The number of aliphatic hydroxyl groups is 1. The zero-order chi connectivity index (χ0) is 40.0. The van der Waals surface area contributed by atoms with Gasteiger partial charge in [-0.3, -0.25) is 13.8 Å². The minimum absolute atomic E-state index is 0.0148. The van der Waals surface area contributed by atoms with Crippen molar-refractivity contribution in [3.05, 3.63) is 60.9 Å². The first-order valence-electron chi connectivity index (χ1n) is 21.2. The third kappa shape index (κ3) is 39.7. The summed E-state index contributed by atoms with van der Waals surface area (Å²) in [6.07, 6.45) is 42.7. The number of carbonyl (C=O) groups is 1. The van der Waals surface area contributed by atoms with Gasteiger partial charge in [0.1, 0.15) is 19.8 Å². The van der Waals surface area contributed by atoms with Gasteiger partial charge < -0.3 is 24.0 Å². The van der Waals surface area contributed by atoms with Crippen LogP contribution in [0.25, 0.3) is 0 Å². The lowest BCUT2D eigenvalue weighted by molar-refractivity contribution is -0.870. The number of carbonyl (C=O) groups excluding carboxylic acids is 1. The molecule has 0 aliphatic rings. The minimum Gasteiger partial charge on any atom is -0.498 e. The molecule has 2 N–H and O–H groups in total. The van der Waals surface area contributed by atoms with Gasteiger partial charge in [-0.25, -0.2) is 4.57 Å². The molecule has 0 aliphatic heterocycles. The van der Waals surface area contributed by atoms with E-state index in [1.54, 1.807) is 6.26 Å². The normalized spacial score (nSPS) is 14.9. The van der Waals surface area contributed by atoms with Crippen LogP contribution in [0.1, 0.15) is 155 Å². The van der Waals surface area contributed by atoms with Crippen molar-refractivity contribution in [1.29, 1.82) is 0 Å². The molecule has 54 heavy (non-hydrogen) atoms. The average molecular weight is 783 g/mol. The highest BCUT2D eigenvalue weighted by Gasteiger charge is 2.26. The van der Waals surface area contributed by atoms with Crippen molar-refractivity contribution in [2.75, 3.05) is 47.5 Å². The summed E-state index contributed by atoms with van der Waals surface area (Å²) in [6.45, 7) is 4.64. The standard InChI is InChI=1S/C44H80NO8P/c1-6-8-9-10-11-12-13-14-18-21-24-27-30-33-38-50-40-43(41-52-54(48,49)51-39-37-45(3,4)5)53-44(47)36-32-29-26-23-20-17-15-16-19-22-25-28-31-35-42(46)34-7-2/h15,17,19,22-23,26,28,31,33,38,42-43,46H,6-14,16,18,20-21,24-25,27,29-30,32,34-37,39-41H2,1-5H3/p+1/b17-15-,22-19-,26-23-,31-28-,38-33+/t42?,43-/m1/s1. The molecule has 0 spiro atoms. The number of nitrogens with zero attached hydrogens (tertiary/aromatic N) is 1. The summed E-state index contributed by atoms with van der Waals surface area (Å²) in [5, 5.41) is 9.73. The van der Waals surface area contributed by atoms with E-state index in [0.29, 0.717) is 17.4 Å². The SMILES string of the molecule is CCCCCCCCCCCCCC/C=C/OC[C@H](COP(=O)(O)OCC[N+](C)(C)C)OC(=O)CCC/C=C\C/C=C\C/C=C\C/C=C\CC(O)CCC. The van der Waals surface area contributed by atoms with E-state index in [2.05, 4.69) is 56.4 Å². The molecule has 0 aromatic carbocycles. The fraction of sp³-hybridized carbons (Fsp3) is 0.750. The smallest absolute Gasteiger partial charge is 0.472 e. The fourth-order valence-electron chi connectivity index (χ4n) is 5.41. The van der Waals surface area contributed by atoms with Crippen LogP contribution in [0.5, 0.6) is 0 Å². The second-order valence-electron chi connectivity index (χ2n) is 15.3. The Morgan fingerprint density at radius 1 is 0.667 bits per heavy atom. The van der Waals surface area contributed by atoms with Crippen LogP contribution < -0.4 is 0 Å². The maximum absolute atomic E-state index is 12.6. The number of likely N-dealkylation sites (N-methyl/N-ethyl adjacent to an activating group) is 1. The second kappa shape index (κ2) is 36.6. The molecule has 0 heterocycles. The topological polar surface area (TPSA) is 112 Å². The van der Waals surface area contributed by atoms with E-state index in [1.165, 1.54) is 70.6 Å². The van der Waals surface area contributed by atoms with E-state index in [4.69, 9.17) is 18.5 Å². The summed E-state index contributed by atoms with van der Waals surface area (Å²) in [5.74, 6) is -0.404. The maximum atomic E-state index is 12.6. The fourth-order valence-corrected chi connectivity index (χ4v) is 6.15. The number of rotatable bonds is 38. The Kier molecular flexibility index (Phi) is 35.3. The van der Waals surface area contributed by atoms with Crippen molar-refractivity contribution in [1.82, 2.24) is 0 Å². The van der Waals surface area contributed by atoms with Gasteiger partial charge in [-0.2, -0.15) is 0 Å². The van der Waals surface area contributed by atoms with E-state index in [1.807, 2.05) is 33.3 Å². The van der Waals surface area contributed by atoms with Crippen molar-refractivity contribution in [2.24, 2.45) is 0 Å². The molecule has 9 nitrogen and oxygen atoms in total. The zero-order valence-corrected chi connectivity index (χ0v) is 35.9. The van der Waals surface area contributed by atoms with Crippen molar-refractivity contribution in [3.8, 4) is 0 Å². The van der Waals surface area contributed by atoms with Gasteiger partial charge in [-0.05, 0) is 63.9 Å². The summed E-state index contributed by atoms with van der Waals surface area (Å²) >= 11 is 0. The van der Waals surface area contributed by atoms with Crippen molar-refractivity contribution in [2.45, 2.75) is 167 Å². The number of esters is 1. The third-order valence-electron chi connectivity index (χ3n) is 8.70. The van der Waals surface area contributed by atoms with Crippen LogP contribution in [0.4, 0.5) is 0 Å². The van der Waals surface area contributed by atoms with Crippen molar-refractivity contribution in [3.63, 3.8) is 0 Å². The molecule has 0 radical (unpaired) electrons. The maximum Gasteiger partial charge on any atom is 0.472 e. The van der Waals surface area contributed by atoms with Crippen LogP contribution in [0.3, 0.4) is 0 Å². The van der Waals surface area contributed by atoms with E-state index in [-0.39, 0.29) is 32.3 Å². The quantitative estimate of drug-likeness (QED) is 0.0159. The molecule has 0 bridgehead atoms. The Balaban J connectivity index is 4.45. The highest BCUT2D eigenvalue weighted by molar-refractivity contribution is 7.47. The monoisotopic (exact) mass is 783 g/mol. The molecule has 0 amide bonds. The molecule has 0 aromatic rings. The number of hydrogen-bond acceptors (Lipinski definition) is 7. The summed E-state index contributed by atoms with van der Waals surface area (Å²) in [7, 11) is 1.57. The summed E-state index contributed by atoms with van der Waals surface area (Å²) in [6, 6.07) is 0. The molecule has 0 saturated heterocycles. The van der Waals surface area contributed by atoms with Gasteiger partial charge in [0.15, 0.2) is 6.10 Å². The lowest BCUT2D eigenvalue weighted by atomic mass is 10.0. The van der Waals surface area contributed by atoms with Crippen LogP contribution in [-0.4, -0.2) is 80.2 Å². The Hall–Kier alpha value is -2.00. The number of ether oxygens (including phenoxy) is 2. The molecule has 0 rings (SSSR count). The Morgan fingerprint density at radius 2 is 1.20 bits per heavy atom. The number of hydrogen-bond donors (Lipinski definition) is 2. The zero-order valence-electron chi connectivity index (χ0n) is 35.1. The van der Waals surface area contributed by atoms with Crippen LogP contribution in [0.15, 0.2) is 60.9 Å². The Bertz CT molecular complexity index is 1070. The molecule has 0 fully saturated rings. The van der Waals surface area contributed by atoms with Gasteiger partial charge in [0, 0.05) is 6.42 Å². The lowest BCUT2D eigenvalue weighted by Crippen LogP contribution is -2.37. The van der Waals surface area contributed by atoms with E-state index in [0.717, 1.165) is 57.8 Å². The van der Waals surface area contributed by atoms with Crippen molar-refractivity contribution >= 4 is 13.8 Å². The van der Waals surface area contributed by atoms with Gasteiger partial charge in [-0.15, -0.1) is 0 Å². The number of phosphoric ester groups is 1. The summed E-state index contributed by atoms with van der Waals surface area (Å²) in [4.78, 5) is 22.8. The van der Waals surface area contributed by atoms with Gasteiger partial charge in [0.05, 0.1) is 40.1 Å². The van der Waals surface area contributed by atoms with Crippen LogP contribution in [0.2, 0.25) is 0 Å². The Labute approximate surface area is 331 Å². The van der Waals surface area contributed by atoms with Gasteiger partial charge >= 0.3 is 13.8 Å². The molecule has 314 valence electrons. The van der Waals surface area contributed by atoms with Gasteiger partial charge in [0.2, 0.25) is 0 Å². The molecule has 10 heteroatoms. The largest absolute Gasteiger partial charge is 0.498 e. The molecular weight excluding hydrogens is 701 g/mol. The highest BCUT2D eigenvalue weighted by atomic mass is 31.2. The van der Waals surface area contributed by atoms with Crippen LogP contribution >= 0.6 is 7.82 Å². The molecule has 2 unspecified atom stereocenters. The van der Waals surface area contributed by atoms with E-state index in [9.17, 15) is 19.4 Å². The average Bonchev–Trinajstić information content (AvgIpc) is 3.11. The number of aliphatic hydroxyl groups excluding tert-OH is 1. The van der Waals surface area contributed by atoms with E-state index < -0.39 is 19.9 Å². The molecule has 0 saturated carbocycles. The third-order valence-corrected chi connectivity index (χ3v) is 9.69.